The Morgan fingerprint density at radius 3 is 2.83 bits per heavy atom. The summed E-state index contributed by atoms with van der Waals surface area (Å²) in [6.07, 6.45) is 8.38. The molecule has 1 aromatic rings. The number of nitrogens with two attached hydrogens (primary N) is 1. The van der Waals surface area contributed by atoms with Crippen LogP contribution in [0.1, 0.15) is 63.0 Å². The highest BCUT2D eigenvalue weighted by Crippen LogP contribution is 2.26. The van der Waals surface area contributed by atoms with E-state index in [-0.39, 0.29) is 11.8 Å². The molecule has 1 aliphatic heterocycles. The number of carbonyl (C=O) groups is 1. The first-order valence-corrected chi connectivity index (χ1v) is 11.6. The van der Waals surface area contributed by atoms with Crippen molar-refractivity contribution in [1.82, 2.24) is 15.5 Å². The molecule has 0 aromatic heterocycles. The first-order chi connectivity index (χ1) is 14.6. The van der Waals surface area contributed by atoms with Crippen molar-refractivity contribution in [2.24, 2.45) is 22.6 Å². The average Bonchev–Trinajstić information content (AvgIpc) is 2.77. The zero-order valence-corrected chi connectivity index (χ0v) is 18.7. The summed E-state index contributed by atoms with van der Waals surface area (Å²) in [5.74, 6) is 1.56. The zero-order valence-electron chi connectivity index (χ0n) is 18.7. The number of guanidine groups is 1. The number of nitrogens with zero attached hydrogens (tertiary/aromatic N) is 2. The van der Waals surface area contributed by atoms with Gasteiger partial charge in [0, 0.05) is 32.7 Å². The third-order valence-electron chi connectivity index (χ3n) is 6.69. The normalized spacial score (nSPS) is 25.7. The van der Waals surface area contributed by atoms with Crippen LogP contribution in [0.2, 0.25) is 0 Å². The van der Waals surface area contributed by atoms with E-state index in [2.05, 4.69) is 51.7 Å². The largest absolute Gasteiger partial charge is 0.369 e. The minimum atomic E-state index is -0.167. The van der Waals surface area contributed by atoms with Gasteiger partial charge in [-0.25, -0.2) is 0 Å². The number of aliphatic imine (C=N–C) groups is 1. The Bertz CT molecular complexity index is 719. The van der Waals surface area contributed by atoms with Crippen LogP contribution in [0.25, 0.3) is 0 Å². The fraction of sp³-hybridized carbons (Fsp3) is 0.667. The highest BCUT2D eigenvalue weighted by atomic mass is 16.1. The lowest BCUT2D eigenvalue weighted by atomic mass is 9.84. The zero-order chi connectivity index (χ0) is 21.3. The van der Waals surface area contributed by atoms with Crippen molar-refractivity contribution < 1.29 is 4.79 Å². The van der Waals surface area contributed by atoms with E-state index >= 15 is 0 Å². The Kier molecular flexibility index (Phi) is 8.55. The number of amides is 1. The minimum absolute atomic E-state index is 0.00918. The van der Waals surface area contributed by atoms with Gasteiger partial charge in [-0.3, -0.25) is 14.7 Å². The van der Waals surface area contributed by atoms with Gasteiger partial charge in [-0.05, 0) is 49.3 Å². The molecule has 1 heterocycles. The van der Waals surface area contributed by atoms with Crippen LogP contribution in [0.3, 0.4) is 0 Å². The Balaban J connectivity index is 1.50. The summed E-state index contributed by atoms with van der Waals surface area (Å²) in [7, 11) is 1.84. The molecule has 1 saturated heterocycles. The molecule has 6 nitrogen and oxygen atoms in total. The summed E-state index contributed by atoms with van der Waals surface area (Å²) < 4.78 is 0. The van der Waals surface area contributed by atoms with Crippen LogP contribution in [0, 0.1) is 11.8 Å². The summed E-state index contributed by atoms with van der Waals surface area (Å²) in [6.45, 7) is 5.72. The van der Waals surface area contributed by atoms with E-state index < -0.39 is 0 Å². The molecule has 2 fully saturated rings. The smallest absolute Gasteiger partial charge is 0.221 e. The molecule has 4 N–H and O–H groups in total. The van der Waals surface area contributed by atoms with Crippen molar-refractivity contribution in [2.45, 2.75) is 71.0 Å². The first-order valence-electron chi connectivity index (χ1n) is 11.6. The van der Waals surface area contributed by atoms with Gasteiger partial charge in [-0.1, -0.05) is 50.5 Å². The van der Waals surface area contributed by atoms with Gasteiger partial charge in [0.25, 0.3) is 0 Å². The Morgan fingerprint density at radius 2 is 2.07 bits per heavy atom. The Morgan fingerprint density at radius 1 is 1.23 bits per heavy atom. The van der Waals surface area contributed by atoms with E-state index in [1.54, 1.807) is 0 Å². The monoisotopic (exact) mass is 413 g/mol. The second-order valence-corrected chi connectivity index (χ2v) is 9.00. The lowest BCUT2D eigenvalue weighted by Crippen LogP contribution is -2.45. The summed E-state index contributed by atoms with van der Waals surface area (Å²) in [6, 6.07) is 9.21. The van der Waals surface area contributed by atoms with Gasteiger partial charge in [0.15, 0.2) is 5.96 Å². The van der Waals surface area contributed by atoms with Crippen LogP contribution < -0.4 is 16.4 Å². The van der Waals surface area contributed by atoms with Crippen LogP contribution in [0.4, 0.5) is 0 Å². The van der Waals surface area contributed by atoms with Crippen molar-refractivity contribution >= 4 is 11.9 Å². The number of carbonyl (C=O) groups excluding carboxylic acids is 1. The fourth-order valence-corrected chi connectivity index (χ4v) is 4.89. The van der Waals surface area contributed by atoms with Gasteiger partial charge in [0.2, 0.25) is 5.91 Å². The minimum Gasteiger partial charge on any atom is -0.369 e. The van der Waals surface area contributed by atoms with Crippen molar-refractivity contribution in [1.29, 1.82) is 0 Å². The predicted octanol–water partition coefficient (Wildman–Crippen LogP) is 3.02. The molecule has 166 valence electrons. The Labute approximate surface area is 181 Å². The van der Waals surface area contributed by atoms with E-state index in [0.29, 0.717) is 6.04 Å². The second-order valence-electron chi connectivity index (χ2n) is 9.00. The van der Waals surface area contributed by atoms with Crippen molar-refractivity contribution in [3.05, 3.63) is 35.4 Å². The highest BCUT2D eigenvalue weighted by molar-refractivity contribution is 5.80. The maximum absolute atomic E-state index is 11.5. The third kappa shape index (κ3) is 6.73. The van der Waals surface area contributed by atoms with Gasteiger partial charge in [0.1, 0.15) is 0 Å². The summed E-state index contributed by atoms with van der Waals surface area (Å²) in [4.78, 5) is 18.3. The maximum atomic E-state index is 11.5. The molecule has 3 rings (SSSR count). The average molecular weight is 414 g/mol. The van der Waals surface area contributed by atoms with E-state index in [1.807, 2.05) is 7.05 Å². The molecule has 6 heteroatoms. The number of hydrogen-bond acceptors (Lipinski definition) is 3. The Hall–Kier alpha value is -2.08. The van der Waals surface area contributed by atoms with E-state index in [4.69, 9.17) is 5.73 Å². The molecule has 3 unspecified atom stereocenters. The molecule has 0 bridgehead atoms. The van der Waals surface area contributed by atoms with E-state index in [9.17, 15) is 4.79 Å². The van der Waals surface area contributed by atoms with Gasteiger partial charge in [-0.2, -0.15) is 0 Å². The highest BCUT2D eigenvalue weighted by Gasteiger charge is 2.24. The number of primary amides is 1. The van der Waals surface area contributed by atoms with Crippen molar-refractivity contribution in [3.63, 3.8) is 0 Å². The van der Waals surface area contributed by atoms with Crippen molar-refractivity contribution in [3.8, 4) is 0 Å². The third-order valence-corrected chi connectivity index (χ3v) is 6.69. The summed E-state index contributed by atoms with van der Waals surface area (Å²) in [5, 5.41) is 7.11. The molecular weight excluding hydrogens is 374 g/mol. The summed E-state index contributed by atoms with van der Waals surface area (Å²) in [5.41, 5.74) is 8.04. The summed E-state index contributed by atoms with van der Waals surface area (Å²) >= 11 is 0. The molecule has 30 heavy (non-hydrogen) atoms. The molecular formula is C24H39N5O. The maximum Gasteiger partial charge on any atom is 0.221 e. The quantitative estimate of drug-likeness (QED) is 0.474. The number of piperidine rings is 1. The standard InChI is InChI=1S/C24H39N5O/c1-3-18-7-5-11-22(14-18)28-24(26-2)27-15-19-8-4-9-20(13-19)16-29-12-6-10-21(17-29)23(25)30/h4,8-9,13,18,21-22H,3,5-7,10-12,14-17H2,1-2H3,(H2,25,30)(H2,26,27,28). The molecule has 0 spiro atoms. The predicted molar refractivity (Wildman–Crippen MR) is 123 cm³/mol. The van der Waals surface area contributed by atoms with Crippen LogP contribution in [0.15, 0.2) is 29.3 Å². The van der Waals surface area contributed by atoms with Crippen LogP contribution in [0.5, 0.6) is 0 Å². The SMILES string of the molecule is CCC1CCCC(NC(=NC)NCc2cccc(CN3CCCC(C(N)=O)C3)c2)C1. The number of hydrogen-bond donors (Lipinski definition) is 3. The molecule has 3 atom stereocenters. The van der Waals surface area contributed by atoms with E-state index in [0.717, 1.165) is 50.9 Å². The number of benzene rings is 1. The number of nitrogens with one attached hydrogen (secondary N) is 2. The molecule has 0 radical (unpaired) electrons. The number of likely N-dealkylation sites (tertiary alicyclic amines) is 1. The van der Waals surface area contributed by atoms with Gasteiger partial charge >= 0.3 is 0 Å². The van der Waals surface area contributed by atoms with Gasteiger partial charge < -0.3 is 16.4 Å². The van der Waals surface area contributed by atoms with Gasteiger partial charge in [-0.15, -0.1) is 0 Å². The molecule has 1 amide bonds. The molecule has 1 aliphatic carbocycles. The van der Waals surface area contributed by atoms with Crippen molar-refractivity contribution in [2.75, 3.05) is 20.1 Å². The molecule has 2 aliphatic rings. The fourth-order valence-electron chi connectivity index (χ4n) is 4.89. The number of rotatable bonds is 7. The second kappa shape index (κ2) is 11.3. The van der Waals surface area contributed by atoms with Crippen LogP contribution in [-0.2, 0) is 17.9 Å². The molecule has 1 aromatic carbocycles. The molecule has 1 saturated carbocycles. The topological polar surface area (TPSA) is 82.8 Å². The van der Waals surface area contributed by atoms with Gasteiger partial charge in [0.05, 0.1) is 5.92 Å². The lowest BCUT2D eigenvalue weighted by molar-refractivity contribution is -0.123. The van der Waals surface area contributed by atoms with E-state index in [1.165, 1.54) is 43.2 Å². The van der Waals surface area contributed by atoms with Crippen LogP contribution in [-0.4, -0.2) is 42.9 Å². The van der Waals surface area contributed by atoms with Crippen LogP contribution >= 0.6 is 0 Å². The lowest BCUT2D eigenvalue weighted by Gasteiger charge is -2.31. The first kappa shape index (κ1) is 22.6.